The zero-order valence-electron chi connectivity index (χ0n) is 14.4. The van der Waals surface area contributed by atoms with E-state index in [2.05, 4.69) is 10.6 Å². The number of ether oxygens (including phenoxy) is 4. The Labute approximate surface area is 146 Å². The van der Waals surface area contributed by atoms with Gasteiger partial charge < -0.3 is 29.6 Å². The maximum absolute atomic E-state index is 11.8. The Hall–Kier alpha value is -2.32. The molecule has 25 heavy (non-hydrogen) atoms. The molecule has 0 radical (unpaired) electrons. The normalized spacial score (nSPS) is 20.5. The second-order valence-corrected chi connectivity index (χ2v) is 5.49. The Balaban J connectivity index is 1.71. The van der Waals surface area contributed by atoms with Crippen LogP contribution in [-0.4, -0.2) is 50.4 Å². The van der Waals surface area contributed by atoms with Crippen molar-refractivity contribution in [2.75, 3.05) is 19.8 Å². The van der Waals surface area contributed by atoms with Crippen LogP contribution in [0.3, 0.4) is 0 Å². The molecule has 3 atom stereocenters. The molecule has 3 unspecified atom stereocenters. The van der Waals surface area contributed by atoms with Gasteiger partial charge in [-0.3, -0.25) is 0 Å². The molecule has 1 heterocycles. The predicted octanol–water partition coefficient (Wildman–Crippen LogP) is 1.79. The Morgan fingerprint density at radius 1 is 1.32 bits per heavy atom. The molecule has 8 heteroatoms. The summed E-state index contributed by atoms with van der Waals surface area (Å²) < 4.78 is 21.0. The van der Waals surface area contributed by atoms with Crippen LogP contribution >= 0.6 is 0 Å². The summed E-state index contributed by atoms with van der Waals surface area (Å²) in [4.78, 5) is 23.2. The number of benzene rings is 1. The molecule has 1 aliphatic heterocycles. The van der Waals surface area contributed by atoms with Gasteiger partial charge in [0.1, 0.15) is 12.7 Å². The highest BCUT2D eigenvalue weighted by atomic mass is 16.7. The molecule has 0 aromatic heterocycles. The summed E-state index contributed by atoms with van der Waals surface area (Å²) in [6, 6.07) is 8.98. The summed E-state index contributed by atoms with van der Waals surface area (Å²) in [7, 11) is 0. The van der Waals surface area contributed by atoms with E-state index in [1.165, 1.54) is 0 Å². The minimum absolute atomic E-state index is 0.128. The van der Waals surface area contributed by atoms with E-state index in [1.54, 1.807) is 6.92 Å². The van der Waals surface area contributed by atoms with Crippen LogP contribution in [0.1, 0.15) is 19.4 Å². The standard InChI is InChI=1S/C17H24N2O6/c1-3-22-12(2)23-11-14-15(25-17(21)19-14)9-18-16(20)24-10-13-7-5-4-6-8-13/h4-8,12,14-15H,3,9-11H2,1-2H3,(H,18,20)(H,19,21). The molecule has 1 saturated heterocycles. The number of carbonyl (C=O) groups is 2. The van der Waals surface area contributed by atoms with Crippen LogP contribution in [0.2, 0.25) is 0 Å². The summed E-state index contributed by atoms with van der Waals surface area (Å²) in [5, 5.41) is 5.24. The number of amides is 2. The number of hydrogen-bond acceptors (Lipinski definition) is 6. The van der Waals surface area contributed by atoms with Gasteiger partial charge in [-0.25, -0.2) is 9.59 Å². The second kappa shape index (κ2) is 9.85. The van der Waals surface area contributed by atoms with E-state index >= 15 is 0 Å². The van der Waals surface area contributed by atoms with Gasteiger partial charge in [0.15, 0.2) is 6.29 Å². The van der Waals surface area contributed by atoms with Crippen LogP contribution in [0, 0.1) is 0 Å². The fourth-order valence-electron chi connectivity index (χ4n) is 2.31. The monoisotopic (exact) mass is 352 g/mol. The molecule has 138 valence electrons. The Bertz CT molecular complexity index is 553. The van der Waals surface area contributed by atoms with Crippen LogP contribution in [0.4, 0.5) is 9.59 Å². The van der Waals surface area contributed by atoms with E-state index in [-0.39, 0.29) is 32.1 Å². The third-order valence-corrected chi connectivity index (χ3v) is 3.58. The van der Waals surface area contributed by atoms with Gasteiger partial charge in [-0.1, -0.05) is 30.3 Å². The highest BCUT2D eigenvalue weighted by Crippen LogP contribution is 2.10. The SMILES string of the molecule is CCOC(C)OCC1NC(=O)OC1CNC(=O)OCc1ccccc1. The summed E-state index contributed by atoms with van der Waals surface area (Å²) >= 11 is 0. The van der Waals surface area contributed by atoms with E-state index in [1.807, 2.05) is 37.3 Å². The van der Waals surface area contributed by atoms with Gasteiger partial charge in [-0.15, -0.1) is 0 Å². The lowest BCUT2D eigenvalue weighted by atomic mass is 10.2. The first kappa shape index (κ1) is 19.0. The Morgan fingerprint density at radius 2 is 2.08 bits per heavy atom. The zero-order valence-corrected chi connectivity index (χ0v) is 14.4. The molecule has 1 aromatic rings. The number of carbonyl (C=O) groups excluding carboxylic acids is 2. The lowest BCUT2D eigenvalue weighted by Crippen LogP contribution is -2.43. The Kier molecular flexibility index (Phi) is 7.49. The first-order valence-corrected chi connectivity index (χ1v) is 8.23. The first-order valence-electron chi connectivity index (χ1n) is 8.23. The lowest BCUT2D eigenvalue weighted by molar-refractivity contribution is -0.132. The topological polar surface area (TPSA) is 95.1 Å². The van der Waals surface area contributed by atoms with Gasteiger partial charge in [-0.2, -0.15) is 0 Å². The van der Waals surface area contributed by atoms with Crippen molar-refractivity contribution >= 4 is 12.2 Å². The molecule has 1 aliphatic rings. The van der Waals surface area contributed by atoms with E-state index in [9.17, 15) is 9.59 Å². The van der Waals surface area contributed by atoms with Crippen LogP contribution in [-0.2, 0) is 25.6 Å². The zero-order chi connectivity index (χ0) is 18.1. The molecular formula is C17H24N2O6. The van der Waals surface area contributed by atoms with E-state index in [4.69, 9.17) is 18.9 Å². The van der Waals surface area contributed by atoms with Crippen LogP contribution < -0.4 is 10.6 Å². The van der Waals surface area contributed by atoms with Gasteiger partial charge in [0, 0.05) is 6.61 Å². The highest BCUT2D eigenvalue weighted by Gasteiger charge is 2.34. The Morgan fingerprint density at radius 3 is 2.80 bits per heavy atom. The lowest BCUT2D eigenvalue weighted by Gasteiger charge is -2.20. The maximum atomic E-state index is 11.8. The summed E-state index contributed by atoms with van der Waals surface area (Å²) in [5.41, 5.74) is 0.891. The maximum Gasteiger partial charge on any atom is 0.407 e. The average molecular weight is 352 g/mol. The van der Waals surface area contributed by atoms with E-state index in [0.29, 0.717) is 6.61 Å². The van der Waals surface area contributed by atoms with Crippen molar-refractivity contribution in [1.29, 1.82) is 0 Å². The molecule has 2 rings (SSSR count). The van der Waals surface area contributed by atoms with Crippen LogP contribution in [0.25, 0.3) is 0 Å². The van der Waals surface area contributed by atoms with Gasteiger partial charge in [0.2, 0.25) is 0 Å². The van der Waals surface area contributed by atoms with Crippen molar-refractivity contribution < 1.29 is 28.5 Å². The van der Waals surface area contributed by atoms with Crippen molar-refractivity contribution in [3.05, 3.63) is 35.9 Å². The molecule has 2 amide bonds. The molecule has 0 spiro atoms. The molecule has 1 aromatic carbocycles. The molecule has 0 saturated carbocycles. The molecule has 2 N–H and O–H groups in total. The third-order valence-electron chi connectivity index (χ3n) is 3.58. The van der Waals surface area contributed by atoms with Crippen molar-refractivity contribution in [2.45, 2.75) is 38.9 Å². The van der Waals surface area contributed by atoms with Gasteiger partial charge >= 0.3 is 12.2 Å². The molecular weight excluding hydrogens is 328 g/mol. The van der Waals surface area contributed by atoms with E-state index in [0.717, 1.165) is 5.56 Å². The van der Waals surface area contributed by atoms with Crippen LogP contribution in [0.15, 0.2) is 30.3 Å². The smallest absolute Gasteiger partial charge is 0.407 e. The van der Waals surface area contributed by atoms with Crippen molar-refractivity contribution in [2.24, 2.45) is 0 Å². The minimum atomic E-state index is -0.575. The summed E-state index contributed by atoms with van der Waals surface area (Å²) in [6.07, 6.45) is -2.03. The first-order chi connectivity index (χ1) is 12.1. The van der Waals surface area contributed by atoms with E-state index < -0.39 is 18.3 Å². The predicted molar refractivity (Wildman–Crippen MR) is 88.9 cm³/mol. The highest BCUT2D eigenvalue weighted by molar-refractivity contribution is 5.71. The number of rotatable bonds is 9. The van der Waals surface area contributed by atoms with Crippen LogP contribution in [0.5, 0.6) is 0 Å². The summed E-state index contributed by atoms with van der Waals surface area (Å²) in [6.45, 7) is 4.70. The number of nitrogens with one attached hydrogen (secondary N) is 2. The third kappa shape index (κ3) is 6.60. The van der Waals surface area contributed by atoms with Crippen molar-refractivity contribution in [3.63, 3.8) is 0 Å². The quantitative estimate of drug-likeness (QED) is 0.658. The largest absolute Gasteiger partial charge is 0.445 e. The molecule has 0 aliphatic carbocycles. The fraction of sp³-hybridized carbons (Fsp3) is 0.529. The fourth-order valence-corrected chi connectivity index (χ4v) is 2.31. The number of alkyl carbamates (subject to hydrolysis) is 2. The summed E-state index contributed by atoms with van der Waals surface area (Å²) in [5.74, 6) is 0. The van der Waals surface area contributed by atoms with Crippen molar-refractivity contribution in [3.8, 4) is 0 Å². The number of hydrogen-bond donors (Lipinski definition) is 2. The average Bonchev–Trinajstić information content (AvgIpc) is 2.97. The molecule has 1 fully saturated rings. The minimum Gasteiger partial charge on any atom is -0.445 e. The van der Waals surface area contributed by atoms with Crippen molar-refractivity contribution in [1.82, 2.24) is 10.6 Å². The van der Waals surface area contributed by atoms with Gasteiger partial charge in [0.25, 0.3) is 0 Å². The molecule has 8 nitrogen and oxygen atoms in total. The second-order valence-electron chi connectivity index (χ2n) is 5.49. The number of cyclic esters (lactones) is 1. The van der Waals surface area contributed by atoms with Gasteiger partial charge in [-0.05, 0) is 19.4 Å². The van der Waals surface area contributed by atoms with Gasteiger partial charge in [0.05, 0.1) is 19.2 Å². The molecule has 0 bridgehead atoms.